The molecule has 1 aliphatic rings. The molecule has 1 heterocycles. The van der Waals surface area contributed by atoms with Crippen molar-refractivity contribution < 1.29 is 19.0 Å². The lowest BCUT2D eigenvalue weighted by atomic mass is 10.2. The lowest BCUT2D eigenvalue weighted by Gasteiger charge is -2.36. The zero-order valence-electron chi connectivity index (χ0n) is 16.6. The monoisotopic (exact) mass is 384 g/mol. The molecule has 1 aliphatic heterocycles. The molecular formula is C22H28N2O4. The number of ether oxygens (including phenoxy) is 3. The fraction of sp³-hybridized carbons (Fsp3) is 0.409. The summed E-state index contributed by atoms with van der Waals surface area (Å²) in [6, 6.07) is 15.5. The minimum absolute atomic E-state index is 0.202. The average Bonchev–Trinajstić information content (AvgIpc) is 2.77. The molecule has 6 heteroatoms. The Balaban J connectivity index is 1.36. The molecule has 0 N–H and O–H groups in total. The van der Waals surface area contributed by atoms with Crippen LogP contribution in [0.15, 0.2) is 48.5 Å². The quantitative estimate of drug-likeness (QED) is 0.654. The molecule has 150 valence electrons. The summed E-state index contributed by atoms with van der Waals surface area (Å²) in [5.74, 6) is 2.65. The normalized spacial score (nSPS) is 13.9. The summed E-state index contributed by atoms with van der Waals surface area (Å²) in [5.41, 5.74) is 1.17. The highest BCUT2D eigenvalue weighted by Crippen LogP contribution is 2.21. The molecule has 0 aliphatic carbocycles. The van der Waals surface area contributed by atoms with Gasteiger partial charge in [0.1, 0.15) is 17.2 Å². The van der Waals surface area contributed by atoms with E-state index in [0.29, 0.717) is 19.4 Å². The second kappa shape index (κ2) is 9.88. The van der Waals surface area contributed by atoms with Crippen molar-refractivity contribution in [2.24, 2.45) is 0 Å². The zero-order chi connectivity index (χ0) is 19.8. The SMILES string of the molecule is COc1ccc(OCCCC(=O)N2CCN(c3ccc(OC)cc3)CC2)cc1. The van der Waals surface area contributed by atoms with Crippen LogP contribution in [0.4, 0.5) is 5.69 Å². The van der Waals surface area contributed by atoms with Gasteiger partial charge in [-0.2, -0.15) is 0 Å². The van der Waals surface area contributed by atoms with Crippen molar-refractivity contribution in [3.05, 3.63) is 48.5 Å². The van der Waals surface area contributed by atoms with Crippen LogP contribution in [0.2, 0.25) is 0 Å². The van der Waals surface area contributed by atoms with Gasteiger partial charge in [0.15, 0.2) is 0 Å². The van der Waals surface area contributed by atoms with E-state index in [4.69, 9.17) is 14.2 Å². The molecule has 0 atom stereocenters. The van der Waals surface area contributed by atoms with Crippen molar-refractivity contribution in [1.29, 1.82) is 0 Å². The van der Waals surface area contributed by atoms with E-state index < -0.39 is 0 Å². The molecule has 0 bridgehead atoms. The first-order valence-electron chi connectivity index (χ1n) is 9.63. The Kier molecular flexibility index (Phi) is 7.00. The summed E-state index contributed by atoms with van der Waals surface area (Å²) in [6.07, 6.45) is 1.22. The molecule has 6 nitrogen and oxygen atoms in total. The molecule has 1 fully saturated rings. The number of carbonyl (C=O) groups is 1. The Hall–Kier alpha value is -2.89. The van der Waals surface area contributed by atoms with Crippen molar-refractivity contribution in [3.8, 4) is 17.2 Å². The summed E-state index contributed by atoms with van der Waals surface area (Å²) in [5, 5.41) is 0. The number of hydrogen-bond donors (Lipinski definition) is 0. The van der Waals surface area contributed by atoms with Crippen LogP contribution in [-0.4, -0.2) is 57.8 Å². The number of carbonyl (C=O) groups excluding carboxylic acids is 1. The molecule has 0 saturated carbocycles. The van der Waals surface area contributed by atoms with Crippen LogP contribution in [0.3, 0.4) is 0 Å². The second-order valence-corrected chi connectivity index (χ2v) is 6.69. The van der Waals surface area contributed by atoms with Crippen molar-refractivity contribution in [1.82, 2.24) is 4.90 Å². The van der Waals surface area contributed by atoms with Gasteiger partial charge in [-0.3, -0.25) is 4.79 Å². The van der Waals surface area contributed by atoms with Crippen LogP contribution in [0.25, 0.3) is 0 Å². The van der Waals surface area contributed by atoms with Gasteiger partial charge < -0.3 is 24.0 Å². The fourth-order valence-corrected chi connectivity index (χ4v) is 3.25. The van der Waals surface area contributed by atoms with E-state index in [1.807, 2.05) is 41.3 Å². The Morgan fingerprint density at radius 1 is 0.821 bits per heavy atom. The molecule has 0 unspecified atom stereocenters. The largest absolute Gasteiger partial charge is 0.497 e. The van der Waals surface area contributed by atoms with Crippen LogP contribution in [0.1, 0.15) is 12.8 Å². The topological polar surface area (TPSA) is 51.2 Å². The van der Waals surface area contributed by atoms with Crippen molar-refractivity contribution in [3.63, 3.8) is 0 Å². The molecule has 1 saturated heterocycles. The molecule has 3 rings (SSSR count). The second-order valence-electron chi connectivity index (χ2n) is 6.69. The van der Waals surface area contributed by atoms with Crippen molar-refractivity contribution >= 4 is 11.6 Å². The third-order valence-electron chi connectivity index (χ3n) is 4.93. The molecular weight excluding hydrogens is 356 g/mol. The highest BCUT2D eigenvalue weighted by Gasteiger charge is 2.21. The highest BCUT2D eigenvalue weighted by atomic mass is 16.5. The number of rotatable bonds is 8. The van der Waals surface area contributed by atoms with Gasteiger partial charge in [0.25, 0.3) is 0 Å². The summed E-state index contributed by atoms with van der Waals surface area (Å²) in [4.78, 5) is 16.7. The minimum Gasteiger partial charge on any atom is -0.497 e. The van der Waals surface area contributed by atoms with Crippen LogP contribution >= 0.6 is 0 Å². The standard InChI is InChI=1S/C22H28N2O4/c1-26-19-7-5-18(6-8-19)23-13-15-24(16-14-23)22(25)4-3-17-28-21-11-9-20(27-2)10-12-21/h5-12H,3-4,13-17H2,1-2H3. The lowest BCUT2D eigenvalue weighted by Crippen LogP contribution is -2.48. The molecule has 1 amide bonds. The first kappa shape index (κ1) is 19.9. The van der Waals surface area contributed by atoms with E-state index in [0.717, 1.165) is 43.4 Å². The highest BCUT2D eigenvalue weighted by molar-refractivity contribution is 5.76. The number of anilines is 1. The summed E-state index contributed by atoms with van der Waals surface area (Å²) < 4.78 is 16.0. The fourth-order valence-electron chi connectivity index (χ4n) is 3.25. The number of hydrogen-bond acceptors (Lipinski definition) is 5. The van der Waals surface area contributed by atoms with Crippen molar-refractivity contribution in [2.75, 3.05) is 51.9 Å². The first-order valence-corrected chi connectivity index (χ1v) is 9.63. The summed E-state index contributed by atoms with van der Waals surface area (Å²) in [6.45, 7) is 3.74. The van der Waals surface area contributed by atoms with E-state index in [-0.39, 0.29) is 5.91 Å². The first-order chi connectivity index (χ1) is 13.7. The van der Waals surface area contributed by atoms with Crippen LogP contribution in [0.5, 0.6) is 17.2 Å². The molecule has 0 spiro atoms. The number of piperazine rings is 1. The maximum Gasteiger partial charge on any atom is 0.222 e. The number of benzene rings is 2. The number of amides is 1. The van der Waals surface area contributed by atoms with Gasteiger partial charge >= 0.3 is 0 Å². The van der Waals surface area contributed by atoms with Crippen molar-refractivity contribution in [2.45, 2.75) is 12.8 Å². The van der Waals surface area contributed by atoms with Gasteiger partial charge in [0, 0.05) is 38.3 Å². The molecule has 0 aromatic heterocycles. The van der Waals surface area contributed by atoms with Gasteiger partial charge in [-0.25, -0.2) is 0 Å². The molecule has 28 heavy (non-hydrogen) atoms. The van der Waals surface area contributed by atoms with E-state index in [9.17, 15) is 4.79 Å². The zero-order valence-corrected chi connectivity index (χ0v) is 16.6. The van der Waals surface area contributed by atoms with E-state index in [2.05, 4.69) is 17.0 Å². The van der Waals surface area contributed by atoms with Gasteiger partial charge in [-0.1, -0.05) is 0 Å². The Labute approximate surface area is 166 Å². The van der Waals surface area contributed by atoms with Gasteiger partial charge in [0.2, 0.25) is 5.91 Å². The Morgan fingerprint density at radius 3 is 1.93 bits per heavy atom. The van der Waals surface area contributed by atoms with Crippen LogP contribution < -0.4 is 19.1 Å². The predicted molar refractivity (Wildman–Crippen MR) is 110 cm³/mol. The number of methoxy groups -OCH3 is 2. The molecule has 0 radical (unpaired) electrons. The predicted octanol–water partition coefficient (Wildman–Crippen LogP) is 3.21. The van der Waals surface area contributed by atoms with Gasteiger partial charge in [-0.15, -0.1) is 0 Å². The maximum atomic E-state index is 12.4. The summed E-state index contributed by atoms with van der Waals surface area (Å²) >= 11 is 0. The van der Waals surface area contributed by atoms with E-state index in [1.165, 1.54) is 5.69 Å². The third-order valence-corrected chi connectivity index (χ3v) is 4.93. The smallest absolute Gasteiger partial charge is 0.222 e. The number of nitrogens with zero attached hydrogens (tertiary/aromatic N) is 2. The molecule has 2 aromatic carbocycles. The van der Waals surface area contributed by atoms with Gasteiger partial charge in [0.05, 0.1) is 20.8 Å². The van der Waals surface area contributed by atoms with E-state index >= 15 is 0 Å². The Morgan fingerprint density at radius 2 is 1.36 bits per heavy atom. The summed E-state index contributed by atoms with van der Waals surface area (Å²) in [7, 11) is 3.31. The Bertz CT molecular complexity index is 738. The third kappa shape index (κ3) is 5.31. The van der Waals surface area contributed by atoms with Gasteiger partial charge in [-0.05, 0) is 55.0 Å². The maximum absolute atomic E-state index is 12.4. The average molecular weight is 384 g/mol. The van der Waals surface area contributed by atoms with Crippen LogP contribution in [-0.2, 0) is 4.79 Å². The van der Waals surface area contributed by atoms with E-state index in [1.54, 1.807) is 14.2 Å². The molecule has 2 aromatic rings. The lowest BCUT2D eigenvalue weighted by molar-refractivity contribution is -0.131. The minimum atomic E-state index is 0.202. The van der Waals surface area contributed by atoms with Crippen LogP contribution in [0, 0.1) is 0 Å².